The van der Waals surface area contributed by atoms with Gasteiger partial charge in [-0.25, -0.2) is 0 Å². The van der Waals surface area contributed by atoms with E-state index < -0.39 is 0 Å². The Balaban J connectivity index is 0.000000834. The molecule has 0 aliphatic carbocycles. The van der Waals surface area contributed by atoms with Gasteiger partial charge in [-0.3, -0.25) is 5.92 Å². The molecule has 0 N–H and O–H groups in total. The van der Waals surface area contributed by atoms with E-state index in [1.165, 1.54) is 23.5 Å². The Morgan fingerprint density at radius 1 is 0.651 bits per heavy atom. The molecule has 0 atom stereocenters. The van der Waals surface area contributed by atoms with E-state index in [-0.39, 0.29) is 35.9 Å². The third-order valence-electron chi connectivity index (χ3n) is 6.72. The van der Waals surface area contributed by atoms with Gasteiger partial charge in [0.2, 0.25) is 0 Å². The summed E-state index contributed by atoms with van der Waals surface area (Å²) in [4.78, 5) is 0. The van der Waals surface area contributed by atoms with Crippen molar-refractivity contribution in [3.8, 4) is 5.92 Å². The van der Waals surface area contributed by atoms with Crippen LogP contribution in [-0.4, -0.2) is 20.6 Å². The molecule has 0 nitrogen and oxygen atoms in total. The van der Waals surface area contributed by atoms with Gasteiger partial charge in [0.15, 0.2) is 0 Å². The Labute approximate surface area is 282 Å². The summed E-state index contributed by atoms with van der Waals surface area (Å²) in [6, 6.07) is 29.6. The van der Waals surface area contributed by atoms with Crippen LogP contribution in [0.15, 0.2) is 85.4 Å². The van der Waals surface area contributed by atoms with Crippen molar-refractivity contribution in [1.82, 2.24) is 0 Å². The summed E-state index contributed by atoms with van der Waals surface area (Å²) in [6.45, 7) is 32.5. The van der Waals surface area contributed by atoms with E-state index in [1.807, 2.05) is 60.7 Å². The number of rotatable bonds is 5. The van der Waals surface area contributed by atoms with Crippen molar-refractivity contribution in [2.75, 3.05) is 0 Å². The summed E-state index contributed by atoms with van der Waals surface area (Å²) in [5.74, 6) is 2.28. The maximum atomic E-state index is 6.69. The van der Waals surface area contributed by atoms with Gasteiger partial charge in [0, 0.05) is 0 Å². The van der Waals surface area contributed by atoms with Crippen LogP contribution in [0.1, 0.15) is 105 Å². The fraction of sp³-hybridized carbons (Fsp3) is 0.450. The molecule has 3 aromatic carbocycles. The molecule has 0 bridgehead atoms. The van der Waals surface area contributed by atoms with Gasteiger partial charge in [0.25, 0.3) is 0 Å². The molecule has 0 saturated carbocycles. The molecule has 0 aliphatic heterocycles. The van der Waals surface area contributed by atoms with Gasteiger partial charge < -0.3 is 6.42 Å². The maximum absolute atomic E-state index is 6.69. The molecule has 0 amide bonds. The van der Waals surface area contributed by atoms with Gasteiger partial charge in [0.1, 0.15) is 0 Å². The van der Waals surface area contributed by atoms with Crippen LogP contribution in [0.5, 0.6) is 0 Å². The molecule has 0 spiro atoms. The predicted octanol–water partition coefficient (Wildman–Crippen LogP) is 12.3. The van der Waals surface area contributed by atoms with Crippen LogP contribution in [0.4, 0.5) is 0 Å². The minimum absolute atomic E-state index is 0. The first-order valence-electron chi connectivity index (χ1n) is 14.9. The van der Waals surface area contributed by atoms with Crippen molar-refractivity contribution in [2.24, 2.45) is 0 Å². The Kier molecular flexibility index (Phi) is 17.8. The summed E-state index contributed by atoms with van der Waals surface area (Å²) in [6.07, 6.45) is 11.9. The summed E-state index contributed by atoms with van der Waals surface area (Å²) in [7, 11) is -0.223. The smallest absolute Gasteiger partial charge is 0.366 e. The Morgan fingerprint density at radius 2 is 1.00 bits per heavy atom. The summed E-state index contributed by atoms with van der Waals surface area (Å²) >= 11 is 0. The molecule has 0 saturated heterocycles. The summed E-state index contributed by atoms with van der Waals surface area (Å²) < 4.78 is 0. The van der Waals surface area contributed by atoms with Crippen molar-refractivity contribution < 1.29 is 20.1 Å². The molecule has 43 heavy (non-hydrogen) atoms. The second kappa shape index (κ2) is 18.4. The average Bonchev–Trinajstić information content (AvgIpc) is 2.90. The van der Waals surface area contributed by atoms with Crippen LogP contribution in [0.2, 0.25) is 0 Å². The van der Waals surface area contributed by atoms with Gasteiger partial charge in [-0.15, -0.1) is 45.7 Å². The largest absolute Gasteiger partial charge is 3.00 e. The van der Waals surface area contributed by atoms with Crippen molar-refractivity contribution in [3.05, 3.63) is 126 Å². The van der Waals surface area contributed by atoms with Crippen LogP contribution in [0.3, 0.4) is 0 Å². The molecule has 3 rings (SSSR count). The molecule has 234 valence electrons. The molecule has 0 radical (unpaired) electrons. The van der Waals surface area contributed by atoms with Crippen LogP contribution in [-0.2, 0) is 32.4 Å². The molecule has 0 aromatic heterocycles. The van der Waals surface area contributed by atoms with Gasteiger partial charge >= 0.3 is 20.1 Å². The fourth-order valence-electron chi connectivity index (χ4n) is 5.16. The van der Waals surface area contributed by atoms with E-state index >= 15 is 0 Å². The minimum atomic E-state index is -0.112. The predicted molar refractivity (Wildman–Crippen MR) is 193 cm³/mol. The molecular formula is C40H55IrP2. The second-order valence-electron chi connectivity index (χ2n) is 14.6. The SMILES string of the molecule is C=[C-]c1ccccc1.CC(C)(C)P(Cc1c[c-]cc(CP(C(C)(C)C)C(C)(C)C)c1)C(C)(C)C.[C-]#Cc1ccccc1.[Ir+3]. The van der Waals surface area contributed by atoms with Crippen LogP contribution >= 0.6 is 15.8 Å². The quantitative estimate of drug-likeness (QED) is 0.137. The van der Waals surface area contributed by atoms with Crippen molar-refractivity contribution in [1.29, 1.82) is 0 Å². The van der Waals surface area contributed by atoms with Crippen LogP contribution in [0.25, 0.3) is 0 Å². The number of benzene rings is 3. The van der Waals surface area contributed by atoms with E-state index in [4.69, 9.17) is 6.42 Å². The van der Waals surface area contributed by atoms with Gasteiger partial charge in [0.05, 0.1) is 0 Å². The van der Waals surface area contributed by atoms with Crippen LogP contribution < -0.4 is 0 Å². The first-order valence-corrected chi connectivity index (χ1v) is 17.9. The third kappa shape index (κ3) is 16.4. The second-order valence-corrected chi connectivity index (χ2v) is 22.4. The Morgan fingerprint density at radius 3 is 1.26 bits per heavy atom. The van der Waals surface area contributed by atoms with E-state index in [1.54, 1.807) is 0 Å². The monoisotopic (exact) mass is 790 g/mol. The topological polar surface area (TPSA) is 0 Å². The Bertz CT molecular complexity index is 1150. The zero-order valence-corrected chi connectivity index (χ0v) is 33.0. The van der Waals surface area contributed by atoms with Crippen molar-refractivity contribution >= 4 is 15.8 Å². The molecule has 3 heteroatoms. The first kappa shape index (κ1) is 41.5. The van der Waals surface area contributed by atoms with Gasteiger partial charge in [-0.05, 0) is 20.6 Å². The maximum Gasteiger partial charge on any atom is 3.00 e. The van der Waals surface area contributed by atoms with Gasteiger partial charge in [-0.1, -0.05) is 120 Å². The van der Waals surface area contributed by atoms with E-state index in [0.717, 1.165) is 11.1 Å². The molecule has 0 heterocycles. The van der Waals surface area contributed by atoms with E-state index in [9.17, 15) is 0 Å². The molecular weight excluding hydrogens is 735 g/mol. The number of hydrogen-bond donors (Lipinski definition) is 0. The van der Waals surface area contributed by atoms with Crippen molar-refractivity contribution in [3.63, 3.8) is 0 Å². The van der Waals surface area contributed by atoms with Crippen molar-refractivity contribution in [2.45, 2.75) is 116 Å². The first-order chi connectivity index (χ1) is 19.3. The molecule has 0 aliphatic rings. The molecule has 3 aromatic rings. The van der Waals surface area contributed by atoms with E-state index in [2.05, 4.69) is 126 Å². The minimum Gasteiger partial charge on any atom is -0.366 e. The normalized spacial score (nSPS) is 11.7. The standard InChI is InChI=1S/C24H43P2.C8H7.C8H5.Ir/c1-21(2,3)25(22(4,5)6)17-19-14-13-15-20(16-19)18-26(23(7,8)9)24(10,11)12;2*1-2-8-6-4-3-5-7-8;/h14-16H,17-18H2,1-12H3;3-7H,1H2;3-7H;/q3*-1;+3. The zero-order chi connectivity index (χ0) is 32.2. The summed E-state index contributed by atoms with van der Waals surface area (Å²) in [5, 5.41) is 1.47. The van der Waals surface area contributed by atoms with Crippen LogP contribution in [0, 0.1) is 24.5 Å². The zero-order valence-electron chi connectivity index (χ0n) is 28.9. The number of hydrogen-bond acceptors (Lipinski definition) is 0. The fourth-order valence-corrected chi connectivity index (χ4v) is 12.2. The summed E-state index contributed by atoms with van der Waals surface area (Å²) in [5.41, 5.74) is 4.84. The van der Waals surface area contributed by atoms with E-state index in [0.29, 0.717) is 20.6 Å². The molecule has 0 fully saturated rings. The van der Waals surface area contributed by atoms with Gasteiger partial charge in [-0.2, -0.15) is 65.7 Å². The Hall–Kier alpha value is -1.53. The average molecular weight is 790 g/mol. The molecule has 0 unspecified atom stereocenters. The third-order valence-corrected chi connectivity index (χ3v) is 14.6.